The van der Waals surface area contributed by atoms with Crippen LogP contribution in [0, 0.1) is 5.92 Å². The lowest BCUT2D eigenvalue weighted by Gasteiger charge is -2.27. The largest absolute Gasteiger partial charge is 0.383 e. The Morgan fingerprint density at radius 2 is 2.10 bits per heavy atom. The van der Waals surface area contributed by atoms with Gasteiger partial charge in [-0.3, -0.25) is 4.68 Å². The molecule has 1 saturated heterocycles. The second kappa shape index (κ2) is 4.05. The molecule has 1 aliphatic heterocycles. The van der Waals surface area contributed by atoms with Gasteiger partial charge in [0, 0.05) is 25.7 Å². The van der Waals surface area contributed by atoms with Crippen molar-refractivity contribution in [3.8, 4) is 0 Å². The minimum absolute atomic E-state index is 0.307. The molecule has 0 amide bonds. The molecule has 3 atom stereocenters. The van der Waals surface area contributed by atoms with Crippen molar-refractivity contribution < 1.29 is 0 Å². The fraction of sp³-hybridized carbons (Fsp3) is 0.615. The Kier molecular flexibility index (Phi) is 2.41. The zero-order valence-electron chi connectivity index (χ0n) is 11.5. The monoisotopic (exact) mass is 273 g/mol. The second-order valence-corrected chi connectivity index (χ2v) is 6.05. The summed E-state index contributed by atoms with van der Waals surface area (Å²) in [5.41, 5.74) is 13.0. The van der Waals surface area contributed by atoms with E-state index in [1.165, 1.54) is 6.42 Å². The maximum atomic E-state index is 6.12. The van der Waals surface area contributed by atoms with Crippen LogP contribution in [0.25, 0.3) is 11.0 Å². The van der Waals surface area contributed by atoms with Crippen LogP contribution in [0.3, 0.4) is 0 Å². The average Bonchev–Trinajstić information content (AvgIpc) is 2.91. The minimum Gasteiger partial charge on any atom is -0.383 e. The van der Waals surface area contributed by atoms with Gasteiger partial charge in [0.15, 0.2) is 5.65 Å². The number of hydrogen-bond donors (Lipinski definition) is 2. The van der Waals surface area contributed by atoms with Gasteiger partial charge in [-0.15, -0.1) is 0 Å². The van der Waals surface area contributed by atoms with Crippen LogP contribution in [0.5, 0.6) is 0 Å². The first-order valence-electron chi connectivity index (χ1n) is 7.09. The predicted octanol–water partition coefficient (Wildman–Crippen LogP) is 0.261. The Bertz CT molecular complexity index is 664. The predicted molar refractivity (Wildman–Crippen MR) is 77.2 cm³/mol. The molecule has 2 bridgehead atoms. The van der Waals surface area contributed by atoms with Crippen LogP contribution in [0.2, 0.25) is 0 Å². The fourth-order valence-electron chi connectivity index (χ4n) is 3.69. The van der Waals surface area contributed by atoms with Gasteiger partial charge in [0.05, 0.1) is 11.6 Å². The average molecular weight is 273 g/mol. The van der Waals surface area contributed by atoms with Gasteiger partial charge in [-0.05, 0) is 25.2 Å². The highest BCUT2D eigenvalue weighted by Crippen LogP contribution is 2.37. The van der Waals surface area contributed by atoms with Crippen LogP contribution in [-0.4, -0.2) is 38.4 Å². The summed E-state index contributed by atoms with van der Waals surface area (Å²) < 4.78 is 1.74. The molecule has 0 spiro atoms. The van der Waals surface area contributed by atoms with Crippen molar-refractivity contribution >= 4 is 22.8 Å². The molecule has 3 unspecified atom stereocenters. The molecular weight excluding hydrogens is 254 g/mol. The standard InChI is InChI=1S/C13H19N7/c1-19-12-10(5-16-19)11(15)17-13(18-12)20-6-7-2-8(14)4-9(20)3-7/h5,7-9H,2-4,6,14H2,1H3,(H2,15,17,18). The number of aryl methyl sites for hydroxylation is 1. The molecule has 4 rings (SSSR count). The molecule has 7 heteroatoms. The SMILES string of the molecule is Cn1ncc2c(N)nc(N3CC4CC(N)CC3C4)nc21. The van der Waals surface area contributed by atoms with Crippen molar-refractivity contribution in [1.82, 2.24) is 19.7 Å². The van der Waals surface area contributed by atoms with Crippen molar-refractivity contribution in [1.29, 1.82) is 0 Å². The molecule has 1 saturated carbocycles. The zero-order valence-corrected chi connectivity index (χ0v) is 11.5. The second-order valence-electron chi connectivity index (χ2n) is 6.05. The zero-order chi connectivity index (χ0) is 13.9. The van der Waals surface area contributed by atoms with E-state index in [4.69, 9.17) is 11.5 Å². The molecule has 1 aliphatic carbocycles. The molecule has 0 radical (unpaired) electrons. The number of rotatable bonds is 1. The van der Waals surface area contributed by atoms with Crippen molar-refractivity contribution in [2.75, 3.05) is 17.2 Å². The molecular formula is C13H19N7. The molecule has 2 aromatic rings. The Hall–Kier alpha value is -1.89. The van der Waals surface area contributed by atoms with E-state index in [9.17, 15) is 0 Å². The van der Waals surface area contributed by atoms with Gasteiger partial charge in [-0.25, -0.2) is 0 Å². The number of nitrogens with zero attached hydrogens (tertiary/aromatic N) is 5. The molecule has 7 nitrogen and oxygen atoms in total. The first kappa shape index (κ1) is 11.9. The van der Waals surface area contributed by atoms with E-state index in [1.807, 2.05) is 7.05 Å². The quantitative estimate of drug-likeness (QED) is 0.773. The lowest BCUT2D eigenvalue weighted by Crippen LogP contribution is -2.36. The third-order valence-corrected chi connectivity index (χ3v) is 4.58. The maximum absolute atomic E-state index is 6.12. The highest BCUT2D eigenvalue weighted by molar-refractivity contribution is 5.86. The smallest absolute Gasteiger partial charge is 0.229 e. The Labute approximate surface area is 117 Å². The van der Waals surface area contributed by atoms with E-state index >= 15 is 0 Å². The van der Waals surface area contributed by atoms with Gasteiger partial charge < -0.3 is 16.4 Å². The number of fused-ring (bicyclic) bond motifs is 3. The molecule has 106 valence electrons. The summed E-state index contributed by atoms with van der Waals surface area (Å²) in [6.45, 7) is 0.987. The minimum atomic E-state index is 0.307. The molecule has 3 heterocycles. The molecule has 2 aromatic heterocycles. The van der Waals surface area contributed by atoms with Gasteiger partial charge in [0.1, 0.15) is 5.82 Å². The maximum Gasteiger partial charge on any atom is 0.229 e. The van der Waals surface area contributed by atoms with Crippen molar-refractivity contribution in [2.24, 2.45) is 18.7 Å². The lowest BCUT2D eigenvalue weighted by molar-refractivity contribution is 0.368. The van der Waals surface area contributed by atoms with Crippen LogP contribution >= 0.6 is 0 Å². The van der Waals surface area contributed by atoms with Crippen molar-refractivity contribution in [3.05, 3.63) is 6.20 Å². The molecule has 0 aromatic carbocycles. The summed E-state index contributed by atoms with van der Waals surface area (Å²) in [7, 11) is 1.87. The Morgan fingerprint density at radius 1 is 1.25 bits per heavy atom. The van der Waals surface area contributed by atoms with Gasteiger partial charge in [-0.1, -0.05) is 0 Å². The fourth-order valence-corrected chi connectivity index (χ4v) is 3.69. The lowest BCUT2D eigenvalue weighted by atomic mass is 9.87. The van der Waals surface area contributed by atoms with Crippen LogP contribution < -0.4 is 16.4 Å². The van der Waals surface area contributed by atoms with Crippen molar-refractivity contribution in [3.63, 3.8) is 0 Å². The number of aromatic nitrogens is 4. The van der Waals surface area contributed by atoms with Gasteiger partial charge >= 0.3 is 0 Å². The summed E-state index contributed by atoms with van der Waals surface area (Å²) in [5, 5.41) is 5.01. The van der Waals surface area contributed by atoms with Gasteiger partial charge in [-0.2, -0.15) is 15.1 Å². The van der Waals surface area contributed by atoms with Crippen LogP contribution in [-0.2, 0) is 7.05 Å². The summed E-state index contributed by atoms with van der Waals surface area (Å²) in [6, 6.07) is 0.760. The van der Waals surface area contributed by atoms with Crippen molar-refractivity contribution in [2.45, 2.75) is 31.3 Å². The Morgan fingerprint density at radius 3 is 2.95 bits per heavy atom. The van der Waals surface area contributed by atoms with E-state index in [1.54, 1.807) is 10.9 Å². The first-order valence-corrected chi connectivity index (χ1v) is 7.09. The summed E-state index contributed by atoms with van der Waals surface area (Å²) in [4.78, 5) is 11.4. The van der Waals surface area contributed by atoms with E-state index < -0.39 is 0 Å². The number of nitrogen functional groups attached to an aromatic ring is 1. The van der Waals surface area contributed by atoms with Crippen LogP contribution in [0.15, 0.2) is 6.20 Å². The summed E-state index contributed by atoms with van der Waals surface area (Å²) >= 11 is 0. The van der Waals surface area contributed by atoms with E-state index in [2.05, 4.69) is 20.0 Å². The number of nitrogens with two attached hydrogens (primary N) is 2. The van der Waals surface area contributed by atoms with Crippen LogP contribution in [0.1, 0.15) is 19.3 Å². The van der Waals surface area contributed by atoms with E-state index in [0.29, 0.717) is 23.8 Å². The van der Waals surface area contributed by atoms with E-state index in [0.717, 1.165) is 36.4 Å². The molecule has 4 N–H and O–H groups in total. The number of hydrogen-bond acceptors (Lipinski definition) is 6. The van der Waals surface area contributed by atoms with Gasteiger partial charge in [0.25, 0.3) is 0 Å². The van der Waals surface area contributed by atoms with Crippen LogP contribution in [0.4, 0.5) is 11.8 Å². The molecule has 20 heavy (non-hydrogen) atoms. The highest BCUT2D eigenvalue weighted by atomic mass is 15.3. The highest BCUT2D eigenvalue weighted by Gasteiger charge is 2.39. The van der Waals surface area contributed by atoms with Gasteiger partial charge in [0.2, 0.25) is 5.95 Å². The third-order valence-electron chi connectivity index (χ3n) is 4.58. The van der Waals surface area contributed by atoms with E-state index in [-0.39, 0.29) is 0 Å². The first-order chi connectivity index (χ1) is 9.61. The Balaban J connectivity index is 1.77. The summed E-state index contributed by atoms with van der Waals surface area (Å²) in [5.74, 6) is 1.89. The normalized spacial score (nSPS) is 29.3. The third kappa shape index (κ3) is 1.66. The topological polar surface area (TPSA) is 98.9 Å². The number of anilines is 2. The summed E-state index contributed by atoms with van der Waals surface area (Å²) in [6.07, 6.45) is 5.03. The molecule has 2 aliphatic rings. The molecule has 2 fully saturated rings.